The molecule has 5 nitrogen and oxygen atoms in total. The highest BCUT2D eigenvalue weighted by Crippen LogP contribution is 2.39. The minimum absolute atomic E-state index is 0.0312. The van der Waals surface area contributed by atoms with Gasteiger partial charge in [-0.15, -0.1) is 0 Å². The fraction of sp³-hybridized carbons (Fsp3) is 0.150. The summed E-state index contributed by atoms with van der Waals surface area (Å²) in [5, 5.41) is 8.36. The van der Waals surface area contributed by atoms with Gasteiger partial charge >= 0.3 is 11.7 Å². The summed E-state index contributed by atoms with van der Waals surface area (Å²) < 4.78 is 46.2. The maximum atomic E-state index is 13.2. The molecule has 0 amide bonds. The van der Waals surface area contributed by atoms with E-state index in [0.717, 1.165) is 11.6 Å². The first-order valence-electron chi connectivity index (χ1n) is 8.25. The molecule has 9 heteroatoms. The van der Waals surface area contributed by atoms with Crippen molar-refractivity contribution in [3.63, 3.8) is 0 Å². The third kappa shape index (κ3) is 4.25. The average Bonchev–Trinajstić information content (AvgIpc) is 2.69. The van der Waals surface area contributed by atoms with E-state index in [2.05, 4.69) is 4.98 Å². The number of methoxy groups -OCH3 is 1. The molecule has 0 saturated heterocycles. The monoisotopic (exact) mass is 419 g/mol. The van der Waals surface area contributed by atoms with Gasteiger partial charge in [-0.25, -0.2) is 0 Å². The Labute approximate surface area is 168 Å². The van der Waals surface area contributed by atoms with E-state index < -0.39 is 22.3 Å². The van der Waals surface area contributed by atoms with Crippen LogP contribution < -0.4 is 10.3 Å². The van der Waals surface area contributed by atoms with E-state index in [1.807, 2.05) is 6.07 Å². The molecule has 0 radical (unpaired) electrons. The summed E-state index contributed by atoms with van der Waals surface area (Å²) in [6.07, 6.45) is -3.29. The summed E-state index contributed by atoms with van der Waals surface area (Å²) in [6, 6.07) is 12.0. The molecule has 0 N–H and O–H groups in total. The fourth-order valence-corrected chi connectivity index (χ4v) is 3.07. The van der Waals surface area contributed by atoms with Gasteiger partial charge in [0.05, 0.1) is 35.5 Å². The molecule has 3 rings (SSSR count). The molecule has 1 heterocycles. The Morgan fingerprint density at radius 3 is 2.48 bits per heavy atom. The van der Waals surface area contributed by atoms with Crippen molar-refractivity contribution in [2.75, 3.05) is 7.11 Å². The molecule has 3 aromatic rings. The van der Waals surface area contributed by atoms with E-state index in [0.29, 0.717) is 5.56 Å². The lowest BCUT2D eigenvalue weighted by molar-refractivity contribution is -0.137. The minimum atomic E-state index is -4.65. The van der Waals surface area contributed by atoms with Crippen molar-refractivity contribution in [2.24, 2.45) is 0 Å². The molecule has 29 heavy (non-hydrogen) atoms. The van der Waals surface area contributed by atoms with Gasteiger partial charge in [-0.05, 0) is 29.8 Å². The number of alkyl halides is 3. The second-order valence-corrected chi connectivity index (χ2v) is 6.42. The Balaban J connectivity index is 2.17. The number of hydrogen-bond donors (Lipinski definition) is 0. The van der Waals surface area contributed by atoms with Gasteiger partial charge in [0, 0.05) is 12.1 Å². The van der Waals surface area contributed by atoms with Crippen LogP contribution in [0.25, 0.3) is 11.4 Å². The molecule has 2 aromatic carbocycles. The number of nitriles is 1. The molecule has 0 aliphatic heterocycles. The van der Waals surface area contributed by atoms with Crippen LogP contribution in [0.15, 0.2) is 53.5 Å². The van der Waals surface area contributed by atoms with Crippen LogP contribution in [-0.2, 0) is 12.7 Å². The van der Waals surface area contributed by atoms with Gasteiger partial charge in [0.2, 0.25) is 5.75 Å². The zero-order valence-electron chi connectivity index (χ0n) is 15.0. The van der Waals surface area contributed by atoms with E-state index in [1.54, 1.807) is 24.3 Å². The van der Waals surface area contributed by atoms with E-state index in [-0.39, 0.29) is 23.7 Å². The summed E-state index contributed by atoms with van der Waals surface area (Å²) in [6.45, 7) is 0.164. The average molecular weight is 420 g/mol. The van der Waals surface area contributed by atoms with Crippen molar-refractivity contribution in [1.29, 1.82) is 5.26 Å². The lowest BCUT2D eigenvalue weighted by Gasteiger charge is -2.17. The number of rotatable bonds is 4. The van der Waals surface area contributed by atoms with E-state index >= 15 is 0 Å². The zero-order chi connectivity index (χ0) is 21.2. The normalized spacial score (nSPS) is 11.2. The minimum Gasteiger partial charge on any atom is -0.490 e. The van der Waals surface area contributed by atoms with Crippen LogP contribution in [0.4, 0.5) is 13.2 Å². The highest BCUT2D eigenvalue weighted by molar-refractivity contribution is 6.34. The number of hydrogen-bond acceptors (Lipinski definition) is 4. The van der Waals surface area contributed by atoms with Crippen LogP contribution in [-0.4, -0.2) is 16.7 Å². The Bertz CT molecular complexity index is 1150. The lowest BCUT2D eigenvalue weighted by atomic mass is 10.1. The first kappa shape index (κ1) is 20.4. The molecule has 0 aliphatic carbocycles. The third-order valence-corrected chi connectivity index (χ3v) is 4.57. The second-order valence-electron chi connectivity index (χ2n) is 6.04. The molecule has 0 atom stereocenters. The molecule has 0 fully saturated rings. The predicted molar refractivity (Wildman–Crippen MR) is 101 cm³/mol. The maximum absolute atomic E-state index is 13.2. The van der Waals surface area contributed by atoms with Crippen LogP contribution >= 0.6 is 11.6 Å². The number of ether oxygens (including phenoxy) is 1. The van der Waals surface area contributed by atoms with Crippen LogP contribution in [0.3, 0.4) is 0 Å². The number of aromatic nitrogens is 2. The van der Waals surface area contributed by atoms with Crippen LogP contribution in [0.1, 0.15) is 16.7 Å². The standard InChI is InChI=1S/C20H13ClF3N3O2/c1-29-16-11-27(10-13-7-5-12(9-25)6-8-13)18(26-19(16)28)14-3-2-4-15(17(14)21)20(22,23)24/h2-8,11H,10H2,1H3. The largest absolute Gasteiger partial charge is 0.490 e. The van der Waals surface area contributed by atoms with Gasteiger partial charge in [-0.1, -0.05) is 29.8 Å². The van der Waals surface area contributed by atoms with Gasteiger partial charge < -0.3 is 9.30 Å². The molecule has 0 aliphatic rings. The van der Waals surface area contributed by atoms with Crippen LogP contribution in [0.2, 0.25) is 5.02 Å². The van der Waals surface area contributed by atoms with Crippen molar-refractivity contribution in [3.8, 4) is 23.2 Å². The fourth-order valence-electron chi connectivity index (χ4n) is 2.75. The number of nitrogens with zero attached hydrogens (tertiary/aromatic N) is 3. The lowest BCUT2D eigenvalue weighted by Crippen LogP contribution is -2.18. The summed E-state index contributed by atoms with van der Waals surface area (Å²) in [7, 11) is 1.29. The van der Waals surface area contributed by atoms with E-state index in [4.69, 9.17) is 21.6 Å². The molecule has 0 saturated carbocycles. The molecule has 148 valence electrons. The second kappa shape index (κ2) is 7.97. The van der Waals surface area contributed by atoms with Gasteiger partial charge in [-0.2, -0.15) is 23.4 Å². The highest BCUT2D eigenvalue weighted by atomic mass is 35.5. The Morgan fingerprint density at radius 1 is 1.21 bits per heavy atom. The first-order valence-corrected chi connectivity index (χ1v) is 8.63. The SMILES string of the molecule is COc1cn(Cc2ccc(C#N)cc2)c(-c2cccc(C(F)(F)F)c2Cl)nc1=O. The van der Waals surface area contributed by atoms with E-state index in [1.165, 1.54) is 30.0 Å². The zero-order valence-corrected chi connectivity index (χ0v) is 15.8. The van der Waals surface area contributed by atoms with Gasteiger partial charge in [0.1, 0.15) is 5.82 Å². The summed E-state index contributed by atoms with van der Waals surface area (Å²) >= 11 is 6.03. The van der Waals surface area contributed by atoms with Crippen LogP contribution in [0.5, 0.6) is 5.75 Å². The number of benzene rings is 2. The quantitative estimate of drug-likeness (QED) is 0.624. The summed E-state index contributed by atoms with van der Waals surface area (Å²) in [5.41, 5.74) is -0.583. The molecule has 0 spiro atoms. The van der Waals surface area contributed by atoms with Gasteiger partial charge in [0.25, 0.3) is 0 Å². The van der Waals surface area contributed by atoms with Crippen molar-refractivity contribution in [1.82, 2.24) is 9.55 Å². The molecular weight excluding hydrogens is 407 g/mol. The molecular formula is C20H13ClF3N3O2. The summed E-state index contributed by atoms with van der Waals surface area (Å²) in [5.74, 6) is -0.0956. The highest BCUT2D eigenvalue weighted by Gasteiger charge is 2.34. The van der Waals surface area contributed by atoms with Gasteiger partial charge in [-0.3, -0.25) is 4.79 Å². The smallest absolute Gasteiger partial charge is 0.417 e. The van der Waals surface area contributed by atoms with Crippen molar-refractivity contribution >= 4 is 11.6 Å². The third-order valence-electron chi connectivity index (χ3n) is 4.16. The summed E-state index contributed by atoms with van der Waals surface area (Å²) in [4.78, 5) is 16.1. The van der Waals surface area contributed by atoms with Crippen molar-refractivity contribution in [2.45, 2.75) is 12.7 Å². The van der Waals surface area contributed by atoms with Crippen LogP contribution in [0, 0.1) is 11.3 Å². The Kier molecular flexibility index (Phi) is 5.62. The first-order chi connectivity index (χ1) is 13.7. The topological polar surface area (TPSA) is 67.9 Å². The molecule has 0 bridgehead atoms. The van der Waals surface area contributed by atoms with Crippen molar-refractivity contribution < 1.29 is 17.9 Å². The van der Waals surface area contributed by atoms with Gasteiger partial charge in [0.15, 0.2) is 0 Å². The molecule has 0 unspecified atom stereocenters. The Morgan fingerprint density at radius 2 is 1.90 bits per heavy atom. The number of halogens is 4. The van der Waals surface area contributed by atoms with E-state index in [9.17, 15) is 18.0 Å². The Hall–Kier alpha value is -3.31. The molecule has 1 aromatic heterocycles. The maximum Gasteiger partial charge on any atom is 0.417 e. The predicted octanol–water partition coefficient (Wildman–Crippen LogP) is 4.51. The van der Waals surface area contributed by atoms with Crippen molar-refractivity contribution in [3.05, 3.63) is 80.7 Å².